The molecule has 0 atom stereocenters. The molecule has 0 saturated heterocycles. The monoisotopic (exact) mass is 296 g/mol. The number of hydrogen-bond donors (Lipinski definition) is 2. The van der Waals surface area contributed by atoms with Crippen LogP contribution in [-0.4, -0.2) is 21.8 Å². The van der Waals surface area contributed by atoms with Crippen molar-refractivity contribution >= 4 is 11.6 Å². The minimum Gasteiger partial charge on any atom is -0.281 e. The first-order valence-corrected chi connectivity index (χ1v) is 7.67. The van der Waals surface area contributed by atoms with Crippen molar-refractivity contribution in [2.45, 2.75) is 39.0 Å². The number of aromatic nitrogens is 2. The van der Waals surface area contributed by atoms with Gasteiger partial charge in [-0.05, 0) is 38.2 Å². The second kappa shape index (κ2) is 6.56. The lowest BCUT2D eigenvalue weighted by atomic mass is 9.96. The fourth-order valence-electron chi connectivity index (χ4n) is 2.80. The van der Waals surface area contributed by atoms with E-state index in [1.807, 2.05) is 37.3 Å². The van der Waals surface area contributed by atoms with E-state index in [2.05, 4.69) is 20.7 Å². The molecule has 0 bridgehead atoms. The Hall–Kier alpha value is -2.43. The summed E-state index contributed by atoms with van der Waals surface area (Å²) >= 11 is 0. The van der Waals surface area contributed by atoms with Gasteiger partial charge in [-0.2, -0.15) is 10.2 Å². The molecule has 1 amide bonds. The van der Waals surface area contributed by atoms with E-state index in [1.165, 1.54) is 5.56 Å². The highest BCUT2D eigenvalue weighted by atomic mass is 16.2. The molecule has 114 valence electrons. The van der Waals surface area contributed by atoms with Crippen molar-refractivity contribution in [3.05, 3.63) is 52.8 Å². The summed E-state index contributed by atoms with van der Waals surface area (Å²) in [6, 6.07) is 10.1. The number of hydrogen-bond acceptors (Lipinski definition) is 3. The zero-order chi connectivity index (χ0) is 15.4. The van der Waals surface area contributed by atoms with Crippen LogP contribution in [0.15, 0.2) is 35.4 Å². The molecule has 0 radical (unpaired) electrons. The number of carbonyl (C=O) groups excluding carboxylic acids is 1. The smallest absolute Gasteiger partial charge is 0.281 e. The first-order chi connectivity index (χ1) is 10.7. The molecule has 1 aromatic carbocycles. The predicted octanol–water partition coefficient (Wildman–Crippen LogP) is 2.64. The number of carbonyl (C=O) groups is 1. The molecular formula is C17H20N4O. The standard InChI is InChI=1S/C17H20N4O/c1-12(11-13-7-3-2-4-8-13)18-21-17(22)16-14-9-5-6-10-15(14)19-20-16/h2-4,7-8H,5-6,9-11H2,1H3,(H,19,20)(H,21,22). The Balaban J connectivity index is 1.64. The zero-order valence-corrected chi connectivity index (χ0v) is 12.7. The lowest BCUT2D eigenvalue weighted by molar-refractivity contribution is 0.0948. The number of fused-ring (bicyclic) bond motifs is 1. The Labute approximate surface area is 129 Å². The average molecular weight is 296 g/mol. The molecule has 5 nitrogen and oxygen atoms in total. The lowest BCUT2D eigenvalue weighted by Gasteiger charge is -2.10. The third-order valence-corrected chi connectivity index (χ3v) is 3.92. The van der Waals surface area contributed by atoms with E-state index < -0.39 is 0 Å². The van der Waals surface area contributed by atoms with Crippen LogP contribution in [0.25, 0.3) is 0 Å². The molecule has 0 saturated carbocycles. The first-order valence-electron chi connectivity index (χ1n) is 7.67. The summed E-state index contributed by atoms with van der Waals surface area (Å²) < 4.78 is 0. The normalized spacial score (nSPS) is 14.5. The number of H-pyrrole nitrogens is 1. The number of aromatic amines is 1. The van der Waals surface area contributed by atoms with Crippen LogP contribution in [0.3, 0.4) is 0 Å². The third-order valence-electron chi connectivity index (χ3n) is 3.92. The SMILES string of the molecule is CC(Cc1ccccc1)=NNC(=O)c1n[nH]c2c1CCCC2. The molecule has 0 unspecified atom stereocenters. The quantitative estimate of drug-likeness (QED) is 0.672. The molecule has 1 aromatic heterocycles. The fraction of sp³-hybridized carbons (Fsp3) is 0.353. The second-order valence-electron chi connectivity index (χ2n) is 5.69. The minimum absolute atomic E-state index is 0.230. The van der Waals surface area contributed by atoms with Crippen molar-refractivity contribution in [2.24, 2.45) is 5.10 Å². The van der Waals surface area contributed by atoms with Gasteiger partial charge < -0.3 is 0 Å². The van der Waals surface area contributed by atoms with Crippen LogP contribution >= 0.6 is 0 Å². The maximum Gasteiger partial charge on any atom is 0.292 e. The predicted molar refractivity (Wildman–Crippen MR) is 86.0 cm³/mol. The van der Waals surface area contributed by atoms with Crippen molar-refractivity contribution in [1.29, 1.82) is 0 Å². The van der Waals surface area contributed by atoms with Crippen molar-refractivity contribution in [3.8, 4) is 0 Å². The van der Waals surface area contributed by atoms with E-state index in [1.54, 1.807) is 0 Å². The fourth-order valence-corrected chi connectivity index (χ4v) is 2.80. The van der Waals surface area contributed by atoms with Crippen LogP contribution in [0.2, 0.25) is 0 Å². The maximum atomic E-state index is 12.2. The number of aryl methyl sites for hydroxylation is 1. The van der Waals surface area contributed by atoms with E-state index in [4.69, 9.17) is 0 Å². The molecule has 1 aliphatic carbocycles. The van der Waals surface area contributed by atoms with E-state index in [9.17, 15) is 4.79 Å². The van der Waals surface area contributed by atoms with Gasteiger partial charge in [0.15, 0.2) is 5.69 Å². The molecule has 0 fully saturated rings. The molecule has 0 spiro atoms. The van der Waals surface area contributed by atoms with Crippen LogP contribution in [0.1, 0.15) is 47.1 Å². The minimum atomic E-state index is -0.230. The van der Waals surface area contributed by atoms with Crippen LogP contribution < -0.4 is 5.43 Å². The summed E-state index contributed by atoms with van der Waals surface area (Å²) in [5, 5.41) is 11.3. The van der Waals surface area contributed by atoms with Gasteiger partial charge in [0.2, 0.25) is 0 Å². The van der Waals surface area contributed by atoms with E-state index in [0.717, 1.165) is 49.1 Å². The number of rotatable bonds is 4. The molecule has 22 heavy (non-hydrogen) atoms. The summed E-state index contributed by atoms with van der Waals surface area (Å²) in [6.45, 7) is 1.91. The Kier molecular flexibility index (Phi) is 4.32. The summed E-state index contributed by atoms with van der Waals surface area (Å²) in [5.41, 5.74) is 7.31. The molecule has 2 N–H and O–H groups in total. The van der Waals surface area contributed by atoms with Gasteiger partial charge >= 0.3 is 0 Å². The van der Waals surface area contributed by atoms with Gasteiger partial charge in [-0.3, -0.25) is 9.89 Å². The Morgan fingerprint density at radius 3 is 2.86 bits per heavy atom. The molecule has 2 aromatic rings. The number of benzene rings is 1. The maximum absolute atomic E-state index is 12.2. The summed E-state index contributed by atoms with van der Waals surface area (Å²) in [4.78, 5) is 12.2. The topological polar surface area (TPSA) is 70.1 Å². The van der Waals surface area contributed by atoms with Gasteiger partial charge in [-0.15, -0.1) is 0 Å². The Morgan fingerprint density at radius 1 is 1.27 bits per heavy atom. The molecule has 1 aliphatic rings. The largest absolute Gasteiger partial charge is 0.292 e. The molecule has 0 aliphatic heterocycles. The lowest BCUT2D eigenvalue weighted by Crippen LogP contribution is -2.21. The summed E-state index contributed by atoms with van der Waals surface area (Å²) in [7, 11) is 0. The van der Waals surface area contributed by atoms with E-state index in [-0.39, 0.29) is 5.91 Å². The van der Waals surface area contributed by atoms with Crippen molar-refractivity contribution < 1.29 is 4.79 Å². The molecular weight excluding hydrogens is 276 g/mol. The number of hydrazone groups is 1. The number of nitrogens with zero attached hydrogens (tertiary/aromatic N) is 2. The van der Waals surface area contributed by atoms with Gasteiger partial charge in [-0.1, -0.05) is 30.3 Å². The van der Waals surface area contributed by atoms with E-state index in [0.29, 0.717) is 5.69 Å². The molecule has 5 heteroatoms. The highest BCUT2D eigenvalue weighted by Gasteiger charge is 2.21. The summed E-state index contributed by atoms with van der Waals surface area (Å²) in [5.74, 6) is -0.230. The number of amides is 1. The third kappa shape index (κ3) is 3.24. The first kappa shape index (κ1) is 14.5. The zero-order valence-electron chi connectivity index (χ0n) is 12.7. The molecule has 3 rings (SSSR count). The Morgan fingerprint density at radius 2 is 2.05 bits per heavy atom. The number of nitrogens with one attached hydrogen (secondary N) is 2. The van der Waals surface area contributed by atoms with Crippen LogP contribution in [0.4, 0.5) is 0 Å². The van der Waals surface area contributed by atoms with Gasteiger partial charge in [0, 0.05) is 23.4 Å². The van der Waals surface area contributed by atoms with E-state index >= 15 is 0 Å². The van der Waals surface area contributed by atoms with Gasteiger partial charge in [0.25, 0.3) is 5.91 Å². The van der Waals surface area contributed by atoms with Crippen molar-refractivity contribution in [2.75, 3.05) is 0 Å². The van der Waals surface area contributed by atoms with Gasteiger partial charge in [0.1, 0.15) is 0 Å². The van der Waals surface area contributed by atoms with Crippen LogP contribution in [-0.2, 0) is 19.3 Å². The molecule has 1 heterocycles. The van der Waals surface area contributed by atoms with Crippen molar-refractivity contribution in [1.82, 2.24) is 15.6 Å². The van der Waals surface area contributed by atoms with Crippen LogP contribution in [0, 0.1) is 0 Å². The van der Waals surface area contributed by atoms with Crippen molar-refractivity contribution in [3.63, 3.8) is 0 Å². The second-order valence-corrected chi connectivity index (χ2v) is 5.69. The van der Waals surface area contributed by atoms with Gasteiger partial charge in [-0.25, -0.2) is 5.43 Å². The highest BCUT2D eigenvalue weighted by molar-refractivity contribution is 5.95. The average Bonchev–Trinajstić information content (AvgIpc) is 2.98. The Bertz CT molecular complexity index is 688. The summed E-state index contributed by atoms with van der Waals surface area (Å²) in [6.07, 6.45) is 4.89. The van der Waals surface area contributed by atoms with Gasteiger partial charge in [0.05, 0.1) is 0 Å². The van der Waals surface area contributed by atoms with Crippen LogP contribution in [0.5, 0.6) is 0 Å². The highest BCUT2D eigenvalue weighted by Crippen LogP contribution is 2.21.